The lowest BCUT2D eigenvalue weighted by Gasteiger charge is -2.14. The van der Waals surface area contributed by atoms with Gasteiger partial charge in [-0.15, -0.1) is 11.3 Å². The van der Waals surface area contributed by atoms with Crippen molar-refractivity contribution in [3.63, 3.8) is 0 Å². The molecule has 0 aliphatic carbocycles. The lowest BCUT2D eigenvalue weighted by Crippen LogP contribution is -2.11. The van der Waals surface area contributed by atoms with Gasteiger partial charge in [0.05, 0.1) is 11.3 Å². The van der Waals surface area contributed by atoms with Gasteiger partial charge >= 0.3 is 0 Å². The molecule has 0 unspecified atom stereocenters. The summed E-state index contributed by atoms with van der Waals surface area (Å²) < 4.78 is 5.64. The van der Waals surface area contributed by atoms with E-state index in [0.29, 0.717) is 36.1 Å². The van der Waals surface area contributed by atoms with Crippen LogP contribution in [-0.2, 0) is 12.0 Å². The molecule has 0 fully saturated rings. The molecule has 4 nitrogen and oxygen atoms in total. The van der Waals surface area contributed by atoms with Gasteiger partial charge in [-0.2, -0.15) is 0 Å². The second kappa shape index (κ2) is 6.18. The molecule has 0 saturated heterocycles. The first-order valence-corrected chi connectivity index (χ1v) is 7.44. The van der Waals surface area contributed by atoms with Gasteiger partial charge in [-0.1, -0.05) is 20.8 Å². The lowest BCUT2D eigenvalue weighted by molar-refractivity contribution is 0.111. The van der Waals surface area contributed by atoms with Crippen LogP contribution in [0.15, 0.2) is 23.6 Å². The van der Waals surface area contributed by atoms with Crippen LogP contribution in [-0.4, -0.2) is 17.6 Å². The molecule has 5 heteroatoms. The van der Waals surface area contributed by atoms with Crippen molar-refractivity contribution in [3.05, 3.63) is 45.4 Å². The minimum absolute atomic E-state index is 0.00825. The summed E-state index contributed by atoms with van der Waals surface area (Å²) in [6.45, 7) is 6.63. The van der Waals surface area contributed by atoms with E-state index in [2.05, 4.69) is 25.8 Å². The van der Waals surface area contributed by atoms with E-state index in [4.69, 9.17) is 4.74 Å². The number of benzene rings is 1. The van der Waals surface area contributed by atoms with Crippen LogP contribution in [0.5, 0.6) is 5.75 Å². The minimum atomic E-state index is 0.00825. The number of hydrogen-bond acceptors (Lipinski definition) is 5. The third kappa shape index (κ3) is 3.76. The van der Waals surface area contributed by atoms with Crippen LogP contribution in [0.1, 0.15) is 52.2 Å². The van der Waals surface area contributed by atoms with E-state index >= 15 is 0 Å². The number of nitrogens with zero attached hydrogens (tertiary/aromatic N) is 1. The van der Waals surface area contributed by atoms with Gasteiger partial charge in [0.1, 0.15) is 23.7 Å². The highest BCUT2D eigenvalue weighted by Crippen LogP contribution is 2.25. The first kappa shape index (κ1) is 15.4. The molecule has 0 spiro atoms. The fourth-order valence-electron chi connectivity index (χ4n) is 1.72. The summed E-state index contributed by atoms with van der Waals surface area (Å²) in [5.41, 5.74) is 1.85. The molecule has 0 N–H and O–H groups in total. The number of rotatable bonds is 5. The Morgan fingerprint density at radius 2 is 2.00 bits per heavy atom. The largest absolute Gasteiger partial charge is 0.486 e. The average molecular weight is 303 g/mol. The van der Waals surface area contributed by atoms with Crippen molar-refractivity contribution in [2.75, 3.05) is 0 Å². The molecule has 0 radical (unpaired) electrons. The Labute approximate surface area is 127 Å². The Balaban J connectivity index is 2.11. The van der Waals surface area contributed by atoms with Gasteiger partial charge < -0.3 is 4.74 Å². The van der Waals surface area contributed by atoms with Crippen LogP contribution in [0.25, 0.3) is 0 Å². The second-order valence-electron chi connectivity index (χ2n) is 5.70. The number of thiazole rings is 1. The van der Waals surface area contributed by atoms with E-state index < -0.39 is 0 Å². The molecule has 0 amide bonds. The summed E-state index contributed by atoms with van der Waals surface area (Å²) >= 11 is 1.54. The second-order valence-corrected chi connectivity index (χ2v) is 6.64. The lowest BCUT2D eigenvalue weighted by atomic mass is 9.93. The number of aldehydes is 2. The monoisotopic (exact) mass is 303 g/mol. The zero-order valence-corrected chi connectivity index (χ0v) is 13.1. The normalized spacial score (nSPS) is 11.2. The van der Waals surface area contributed by atoms with Gasteiger partial charge in [0.15, 0.2) is 6.29 Å². The van der Waals surface area contributed by atoms with Crippen molar-refractivity contribution in [3.8, 4) is 5.75 Å². The maximum atomic E-state index is 11.0. The van der Waals surface area contributed by atoms with Crippen LogP contribution in [0.4, 0.5) is 0 Å². The molecular weight excluding hydrogens is 286 g/mol. The summed E-state index contributed by atoms with van der Waals surface area (Å²) in [5.74, 6) is 0.461. The smallest absolute Gasteiger partial charge is 0.153 e. The van der Waals surface area contributed by atoms with Gasteiger partial charge in [-0.05, 0) is 18.2 Å². The van der Waals surface area contributed by atoms with Gasteiger partial charge in [0.2, 0.25) is 0 Å². The predicted octanol–water partition coefficient (Wildman–Crippen LogP) is 3.64. The van der Waals surface area contributed by atoms with Crippen LogP contribution in [0.3, 0.4) is 0 Å². The van der Waals surface area contributed by atoms with Crippen molar-refractivity contribution < 1.29 is 14.3 Å². The van der Waals surface area contributed by atoms with Crippen LogP contribution in [0.2, 0.25) is 0 Å². The van der Waals surface area contributed by atoms with Crippen molar-refractivity contribution in [1.29, 1.82) is 0 Å². The van der Waals surface area contributed by atoms with E-state index in [-0.39, 0.29) is 5.41 Å². The molecule has 0 saturated carbocycles. The zero-order chi connectivity index (χ0) is 15.5. The molecule has 21 heavy (non-hydrogen) atoms. The van der Waals surface area contributed by atoms with E-state index in [1.165, 1.54) is 17.4 Å². The zero-order valence-electron chi connectivity index (χ0n) is 12.3. The van der Waals surface area contributed by atoms with Crippen LogP contribution < -0.4 is 4.74 Å². The topological polar surface area (TPSA) is 56.3 Å². The highest BCUT2D eigenvalue weighted by atomic mass is 32.1. The molecule has 2 rings (SSSR count). The quantitative estimate of drug-likeness (QED) is 0.791. The van der Waals surface area contributed by atoms with Crippen LogP contribution >= 0.6 is 11.3 Å². The molecule has 0 bridgehead atoms. The van der Waals surface area contributed by atoms with Gasteiger partial charge in [-0.3, -0.25) is 9.59 Å². The van der Waals surface area contributed by atoms with Gasteiger partial charge in [0.25, 0.3) is 0 Å². The van der Waals surface area contributed by atoms with Crippen molar-refractivity contribution in [2.45, 2.75) is 32.8 Å². The Hall–Kier alpha value is -2.01. The Morgan fingerprint density at radius 3 is 2.57 bits per heavy atom. The summed E-state index contributed by atoms with van der Waals surface area (Å²) in [6.07, 6.45) is 1.39. The number of hydrogen-bond donors (Lipinski definition) is 0. The number of carbonyl (C=O) groups excluding carboxylic acids is 2. The third-order valence-corrected chi connectivity index (χ3v) is 3.79. The highest BCUT2D eigenvalue weighted by Gasteiger charge is 2.17. The van der Waals surface area contributed by atoms with Gasteiger partial charge in [0, 0.05) is 16.4 Å². The Bertz CT molecular complexity index is 656. The Morgan fingerprint density at radius 1 is 1.24 bits per heavy atom. The molecule has 0 aliphatic heterocycles. The van der Waals surface area contributed by atoms with Crippen molar-refractivity contribution in [1.82, 2.24) is 4.98 Å². The molecule has 2 aromatic rings. The van der Waals surface area contributed by atoms with Crippen LogP contribution in [0, 0.1) is 0 Å². The average Bonchev–Trinajstić information content (AvgIpc) is 2.94. The SMILES string of the molecule is CC(C)(C)c1csc(COc2ccc(C=O)cc2C=O)n1. The molecule has 0 aliphatic rings. The number of carbonyl (C=O) groups is 2. The molecule has 0 atom stereocenters. The molecule has 1 aromatic heterocycles. The predicted molar refractivity (Wildman–Crippen MR) is 82.4 cm³/mol. The molecule has 1 aromatic carbocycles. The molecular formula is C16H17NO3S. The molecule has 110 valence electrons. The first-order chi connectivity index (χ1) is 9.94. The fraction of sp³-hybridized carbons (Fsp3) is 0.312. The maximum Gasteiger partial charge on any atom is 0.153 e. The van der Waals surface area contributed by atoms with Gasteiger partial charge in [-0.25, -0.2) is 4.98 Å². The van der Waals surface area contributed by atoms with Crippen molar-refractivity contribution >= 4 is 23.9 Å². The third-order valence-electron chi connectivity index (χ3n) is 2.97. The summed E-state index contributed by atoms with van der Waals surface area (Å²) in [6, 6.07) is 4.77. The summed E-state index contributed by atoms with van der Waals surface area (Å²) in [5, 5.41) is 2.88. The summed E-state index contributed by atoms with van der Waals surface area (Å²) in [4.78, 5) is 26.3. The highest BCUT2D eigenvalue weighted by molar-refractivity contribution is 7.09. The fourth-order valence-corrected chi connectivity index (χ4v) is 2.66. The van der Waals surface area contributed by atoms with E-state index in [9.17, 15) is 9.59 Å². The standard InChI is InChI=1S/C16H17NO3S/c1-16(2,3)14-10-21-15(17-14)9-20-13-5-4-11(7-18)6-12(13)8-19/h4-8,10H,9H2,1-3H3. The van der Waals surface area contributed by atoms with Crippen molar-refractivity contribution in [2.24, 2.45) is 0 Å². The maximum absolute atomic E-state index is 11.0. The molecule has 1 heterocycles. The number of ether oxygens (including phenoxy) is 1. The van der Waals surface area contributed by atoms with E-state index in [0.717, 1.165) is 10.7 Å². The minimum Gasteiger partial charge on any atom is -0.486 e. The van der Waals surface area contributed by atoms with E-state index in [1.54, 1.807) is 12.1 Å². The first-order valence-electron chi connectivity index (χ1n) is 6.56. The summed E-state index contributed by atoms with van der Waals surface area (Å²) in [7, 11) is 0. The van der Waals surface area contributed by atoms with E-state index in [1.807, 2.05) is 5.38 Å². The Kier molecular flexibility index (Phi) is 4.53. The number of aromatic nitrogens is 1.